The van der Waals surface area contributed by atoms with Crippen LogP contribution in [0.1, 0.15) is 47.7 Å². The number of amides is 1. The van der Waals surface area contributed by atoms with Crippen molar-refractivity contribution < 1.29 is 14.1 Å². The first-order chi connectivity index (χ1) is 15.4. The van der Waals surface area contributed by atoms with Gasteiger partial charge in [0.1, 0.15) is 17.3 Å². The lowest BCUT2D eigenvalue weighted by atomic mass is 10.1. The number of amidine groups is 1. The summed E-state index contributed by atoms with van der Waals surface area (Å²) in [5.74, 6) is 1.48. The molecule has 4 rings (SSSR count). The average Bonchev–Trinajstić information content (AvgIpc) is 3.53. The number of carbonyl (C=O) groups is 1. The molecule has 0 aliphatic carbocycles. The minimum atomic E-state index is -0.214. The van der Waals surface area contributed by atoms with E-state index in [-0.39, 0.29) is 18.6 Å². The van der Waals surface area contributed by atoms with E-state index in [1.54, 1.807) is 18.2 Å². The summed E-state index contributed by atoms with van der Waals surface area (Å²) in [5, 5.41) is 15.5. The largest absolute Gasteiger partial charge is 0.490 e. The van der Waals surface area contributed by atoms with Crippen LogP contribution in [0.2, 0.25) is 4.34 Å². The Bertz CT molecular complexity index is 1120. The average molecular weight is 473 g/mol. The molecule has 3 aromatic rings. The number of hydrogen-bond acceptors (Lipinski definition) is 6. The summed E-state index contributed by atoms with van der Waals surface area (Å²) < 4.78 is 12.0. The minimum Gasteiger partial charge on any atom is -0.490 e. The van der Waals surface area contributed by atoms with Crippen molar-refractivity contribution in [1.29, 1.82) is 5.41 Å². The Morgan fingerprint density at radius 3 is 2.75 bits per heavy atom. The van der Waals surface area contributed by atoms with Gasteiger partial charge in [0.15, 0.2) is 5.76 Å². The molecular weight excluding hydrogens is 448 g/mol. The van der Waals surface area contributed by atoms with Gasteiger partial charge < -0.3 is 19.5 Å². The first-order valence-corrected chi connectivity index (χ1v) is 11.7. The van der Waals surface area contributed by atoms with Crippen LogP contribution in [-0.2, 0) is 6.54 Å². The number of aromatic nitrogens is 1. The maximum absolute atomic E-state index is 12.2. The number of rotatable bonds is 7. The van der Waals surface area contributed by atoms with E-state index in [0.29, 0.717) is 32.3 Å². The molecule has 0 spiro atoms. The lowest BCUT2D eigenvalue weighted by Crippen LogP contribution is -2.27. The predicted octanol–water partition coefficient (Wildman–Crippen LogP) is 5.19. The molecule has 1 fully saturated rings. The van der Waals surface area contributed by atoms with Gasteiger partial charge in [-0.2, -0.15) is 0 Å². The molecule has 2 N–H and O–H groups in total. The van der Waals surface area contributed by atoms with Crippen LogP contribution in [-0.4, -0.2) is 41.0 Å². The Morgan fingerprint density at radius 2 is 2.06 bits per heavy atom. The fourth-order valence-corrected chi connectivity index (χ4v) is 4.53. The molecule has 2 aromatic heterocycles. The molecule has 7 nitrogen and oxygen atoms in total. The highest BCUT2D eigenvalue weighted by Gasteiger charge is 2.20. The SMILES string of the molecule is CC(C)Oc1cc(C(=N)N2CCCC2)ccc1-c1cc(CNC(=O)c2ccc(Cl)s2)on1. The molecule has 9 heteroatoms. The van der Waals surface area contributed by atoms with Crippen molar-refractivity contribution in [2.45, 2.75) is 39.3 Å². The van der Waals surface area contributed by atoms with Crippen molar-refractivity contribution in [1.82, 2.24) is 15.4 Å². The van der Waals surface area contributed by atoms with Gasteiger partial charge in [-0.05, 0) is 51.0 Å². The molecule has 0 bridgehead atoms. The van der Waals surface area contributed by atoms with Gasteiger partial charge in [-0.15, -0.1) is 11.3 Å². The molecule has 0 saturated carbocycles. The quantitative estimate of drug-likeness (QED) is 0.364. The first-order valence-electron chi connectivity index (χ1n) is 10.5. The van der Waals surface area contributed by atoms with Gasteiger partial charge in [0.2, 0.25) is 0 Å². The lowest BCUT2D eigenvalue weighted by Gasteiger charge is -2.20. The molecule has 1 saturated heterocycles. The van der Waals surface area contributed by atoms with Crippen LogP contribution in [0.3, 0.4) is 0 Å². The molecule has 1 amide bonds. The van der Waals surface area contributed by atoms with E-state index >= 15 is 0 Å². The standard InChI is InChI=1S/C23H25ClN4O3S/c1-14(2)30-19-11-15(22(25)28-9-3-4-10-28)5-6-17(19)18-12-16(31-27-18)13-26-23(29)20-7-8-21(24)32-20/h5-8,11-12,14,25H,3-4,9-10,13H2,1-2H3,(H,26,29). The molecule has 1 aliphatic heterocycles. The van der Waals surface area contributed by atoms with Gasteiger partial charge in [-0.25, -0.2) is 0 Å². The number of thiophene rings is 1. The third-order valence-corrected chi connectivity index (χ3v) is 6.33. The monoisotopic (exact) mass is 472 g/mol. The van der Waals surface area contributed by atoms with Crippen LogP contribution in [0.15, 0.2) is 40.9 Å². The second-order valence-electron chi connectivity index (χ2n) is 7.89. The highest BCUT2D eigenvalue weighted by Crippen LogP contribution is 2.32. The normalized spacial score (nSPS) is 13.6. The molecular formula is C23H25ClN4O3S. The van der Waals surface area contributed by atoms with Crippen molar-refractivity contribution in [3.05, 3.63) is 56.9 Å². The second-order valence-corrected chi connectivity index (χ2v) is 9.60. The van der Waals surface area contributed by atoms with Crippen LogP contribution >= 0.6 is 22.9 Å². The van der Waals surface area contributed by atoms with Crippen molar-refractivity contribution >= 4 is 34.7 Å². The summed E-state index contributed by atoms with van der Waals surface area (Å²) in [5.41, 5.74) is 2.21. The van der Waals surface area contributed by atoms with E-state index in [0.717, 1.165) is 37.1 Å². The lowest BCUT2D eigenvalue weighted by molar-refractivity contribution is 0.0951. The highest BCUT2D eigenvalue weighted by atomic mass is 35.5. The first kappa shape index (κ1) is 22.4. The molecule has 0 unspecified atom stereocenters. The van der Waals surface area contributed by atoms with E-state index in [1.807, 2.05) is 32.0 Å². The fraction of sp³-hybridized carbons (Fsp3) is 0.348. The number of nitrogens with one attached hydrogen (secondary N) is 2. The molecule has 0 radical (unpaired) electrons. The zero-order valence-electron chi connectivity index (χ0n) is 18.0. The van der Waals surface area contributed by atoms with E-state index in [4.69, 9.17) is 26.3 Å². The van der Waals surface area contributed by atoms with E-state index < -0.39 is 0 Å². The van der Waals surface area contributed by atoms with E-state index in [2.05, 4.69) is 15.4 Å². The third kappa shape index (κ3) is 5.14. The Morgan fingerprint density at radius 1 is 1.28 bits per heavy atom. The highest BCUT2D eigenvalue weighted by molar-refractivity contribution is 7.17. The van der Waals surface area contributed by atoms with Crippen LogP contribution in [0, 0.1) is 5.41 Å². The maximum atomic E-state index is 12.2. The maximum Gasteiger partial charge on any atom is 0.261 e. The molecule has 32 heavy (non-hydrogen) atoms. The number of likely N-dealkylation sites (tertiary alicyclic amines) is 1. The van der Waals surface area contributed by atoms with Crippen LogP contribution < -0.4 is 10.1 Å². The molecule has 168 valence electrons. The van der Waals surface area contributed by atoms with Gasteiger partial charge >= 0.3 is 0 Å². The van der Waals surface area contributed by atoms with Crippen molar-refractivity contribution in [2.24, 2.45) is 0 Å². The number of benzene rings is 1. The zero-order valence-corrected chi connectivity index (χ0v) is 19.6. The summed E-state index contributed by atoms with van der Waals surface area (Å²) in [6.45, 7) is 5.96. The number of ether oxygens (including phenoxy) is 1. The third-order valence-electron chi connectivity index (χ3n) is 5.10. The van der Waals surface area contributed by atoms with Crippen molar-refractivity contribution in [3.8, 4) is 17.0 Å². The molecule has 1 aromatic carbocycles. The van der Waals surface area contributed by atoms with Gasteiger partial charge in [0, 0.05) is 30.3 Å². The molecule has 3 heterocycles. The van der Waals surface area contributed by atoms with Gasteiger partial charge in [-0.3, -0.25) is 10.2 Å². The van der Waals surface area contributed by atoms with E-state index in [1.165, 1.54) is 11.3 Å². The topological polar surface area (TPSA) is 91.5 Å². The number of carbonyl (C=O) groups excluding carboxylic acids is 1. The van der Waals surface area contributed by atoms with Gasteiger partial charge in [0.05, 0.1) is 21.9 Å². The summed E-state index contributed by atoms with van der Waals surface area (Å²) in [4.78, 5) is 14.9. The smallest absolute Gasteiger partial charge is 0.261 e. The summed E-state index contributed by atoms with van der Waals surface area (Å²) in [6.07, 6.45) is 2.20. The van der Waals surface area contributed by atoms with Crippen LogP contribution in [0.25, 0.3) is 11.3 Å². The number of halogens is 1. The van der Waals surface area contributed by atoms with Crippen LogP contribution in [0.5, 0.6) is 5.75 Å². The number of nitrogens with zero attached hydrogens (tertiary/aromatic N) is 2. The molecule has 0 atom stereocenters. The zero-order chi connectivity index (χ0) is 22.7. The predicted molar refractivity (Wildman–Crippen MR) is 126 cm³/mol. The summed E-state index contributed by atoms with van der Waals surface area (Å²) in [7, 11) is 0. The van der Waals surface area contributed by atoms with Crippen LogP contribution in [0.4, 0.5) is 0 Å². The second kappa shape index (κ2) is 9.75. The minimum absolute atomic E-state index is 0.0340. The van der Waals surface area contributed by atoms with Gasteiger partial charge in [-0.1, -0.05) is 22.8 Å². The summed E-state index contributed by atoms with van der Waals surface area (Å²) >= 11 is 7.12. The van der Waals surface area contributed by atoms with Crippen molar-refractivity contribution in [3.63, 3.8) is 0 Å². The van der Waals surface area contributed by atoms with Crippen molar-refractivity contribution in [2.75, 3.05) is 13.1 Å². The Kier molecular flexibility index (Phi) is 6.81. The fourth-order valence-electron chi connectivity index (χ4n) is 3.57. The van der Waals surface area contributed by atoms with Gasteiger partial charge in [0.25, 0.3) is 5.91 Å². The number of hydrogen-bond donors (Lipinski definition) is 2. The Balaban J connectivity index is 1.51. The summed E-state index contributed by atoms with van der Waals surface area (Å²) in [6, 6.07) is 10.9. The molecule has 1 aliphatic rings. The Hall–Kier alpha value is -2.84. The van der Waals surface area contributed by atoms with E-state index in [9.17, 15) is 4.79 Å². The Labute approximate surface area is 195 Å².